The van der Waals surface area contributed by atoms with Crippen LogP contribution in [0.5, 0.6) is 0 Å². The zero-order valence-electron chi connectivity index (χ0n) is 14.4. The lowest BCUT2D eigenvalue weighted by Crippen LogP contribution is -2.15. The Hall–Kier alpha value is 0.890. The fourth-order valence-electron chi connectivity index (χ4n) is 4.22. The van der Waals surface area contributed by atoms with Crippen LogP contribution in [-0.2, 0) is 14.3 Å². The van der Waals surface area contributed by atoms with Gasteiger partial charge in [0.15, 0.2) is 0 Å². The molecule has 0 saturated heterocycles. The highest BCUT2D eigenvalue weighted by molar-refractivity contribution is 15.0. The number of hydrogen-bond acceptors (Lipinski definition) is 3. The summed E-state index contributed by atoms with van der Waals surface area (Å²) in [6.07, 6.45) is 9.53. The molecule has 4 atom stereocenters. The first-order valence-corrected chi connectivity index (χ1v) is 14.7. The number of rotatable bonds is 2. The highest BCUT2D eigenvalue weighted by Gasteiger charge is 2.48. The van der Waals surface area contributed by atoms with Crippen molar-refractivity contribution in [1.82, 2.24) is 0 Å². The van der Waals surface area contributed by atoms with Gasteiger partial charge in [-0.1, -0.05) is 6.42 Å². The number of carbonyl (C=O) groups excluding carboxylic acids is 1. The first-order valence-electron chi connectivity index (χ1n) is 8.40. The van der Waals surface area contributed by atoms with Crippen LogP contribution in [0.2, 0.25) is 0 Å². The summed E-state index contributed by atoms with van der Waals surface area (Å²) in [4.78, 5) is 9.82. The van der Waals surface area contributed by atoms with Gasteiger partial charge < -0.3 is 9.47 Å². The Labute approximate surface area is 160 Å². The second-order valence-corrected chi connectivity index (χ2v) is 6.09. The number of hydrogen-bond donors (Lipinski definition) is 0. The normalized spacial score (nSPS) is 29.9. The molecule has 132 valence electrons. The van der Waals surface area contributed by atoms with Gasteiger partial charge in [-0.05, 0) is 69.6 Å². The number of halogens is 2. The minimum Gasteiger partial charge on any atom is -0.466 e. The number of fused-ring (bicyclic) bond motifs is 5. The van der Waals surface area contributed by atoms with Gasteiger partial charge in [-0.3, -0.25) is 4.79 Å². The summed E-state index contributed by atoms with van der Waals surface area (Å²) in [7, 11) is 1.68. The lowest BCUT2D eigenvalue weighted by atomic mass is 9.82. The SMILES string of the molecule is C1CC2C3CCC(C3)C2C1.CCOC.CCOC(C)=O.II. The monoisotopic (exact) mass is 538 g/mol. The maximum atomic E-state index is 9.82. The van der Waals surface area contributed by atoms with Crippen molar-refractivity contribution in [2.45, 2.75) is 59.3 Å². The standard InChI is InChI=1S/C10H16.C4H8O2.C3H8O.I2/c1-2-9-7-4-5-8(6-7)10(9)3-1;1-3-6-4(2)5;1-3-4-2;1-2/h7-10H,1-6H2;3H2,1-2H3;3H2,1-2H3;. The molecule has 4 unspecified atom stereocenters. The van der Waals surface area contributed by atoms with E-state index in [1.165, 1.54) is 30.6 Å². The number of esters is 1. The van der Waals surface area contributed by atoms with E-state index in [4.69, 9.17) is 0 Å². The smallest absolute Gasteiger partial charge is 0.302 e. The first-order chi connectivity index (χ1) is 10.6. The molecular formula is C17H32I2O3. The maximum absolute atomic E-state index is 9.82. The summed E-state index contributed by atoms with van der Waals surface area (Å²) in [6.45, 7) is 6.43. The summed E-state index contributed by atoms with van der Waals surface area (Å²) in [5.74, 6) is 4.59. The number of ether oxygens (including phenoxy) is 2. The molecule has 0 aromatic heterocycles. The Morgan fingerprint density at radius 3 is 1.73 bits per heavy atom. The minimum atomic E-state index is -0.211. The summed E-state index contributed by atoms with van der Waals surface area (Å²) in [5, 5.41) is 0. The topological polar surface area (TPSA) is 35.5 Å². The van der Waals surface area contributed by atoms with Crippen LogP contribution in [0.4, 0.5) is 0 Å². The lowest BCUT2D eigenvalue weighted by molar-refractivity contribution is -0.140. The lowest BCUT2D eigenvalue weighted by Gasteiger charge is -2.23. The van der Waals surface area contributed by atoms with E-state index >= 15 is 0 Å². The van der Waals surface area contributed by atoms with Crippen molar-refractivity contribution >= 4 is 43.2 Å². The van der Waals surface area contributed by atoms with E-state index in [0.717, 1.165) is 6.61 Å². The molecule has 3 aliphatic rings. The van der Waals surface area contributed by atoms with Crippen LogP contribution in [0.3, 0.4) is 0 Å². The third kappa shape index (κ3) is 8.13. The molecule has 0 amide bonds. The summed E-state index contributed by atoms with van der Waals surface area (Å²) < 4.78 is 8.94. The average molecular weight is 538 g/mol. The van der Waals surface area contributed by atoms with Crippen LogP contribution in [-0.4, -0.2) is 26.3 Å². The first kappa shape index (κ1) is 22.9. The van der Waals surface area contributed by atoms with Crippen LogP contribution < -0.4 is 0 Å². The molecule has 5 heteroatoms. The molecule has 0 N–H and O–H groups in total. The fourth-order valence-corrected chi connectivity index (χ4v) is 4.22. The van der Waals surface area contributed by atoms with Crippen molar-refractivity contribution in [3.8, 4) is 0 Å². The second-order valence-electron chi connectivity index (χ2n) is 6.09. The largest absolute Gasteiger partial charge is 0.466 e. The molecule has 3 nitrogen and oxygen atoms in total. The summed E-state index contributed by atoms with van der Waals surface area (Å²) in [5.41, 5.74) is 0. The van der Waals surface area contributed by atoms with Gasteiger partial charge in [0, 0.05) is 57.9 Å². The zero-order valence-corrected chi connectivity index (χ0v) is 18.8. The van der Waals surface area contributed by atoms with Crippen LogP contribution in [0.1, 0.15) is 59.3 Å². The van der Waals surface area contributed by atoms with Gasteiger partial charge in [0.05, 0.1) is 6.61 Å². The molecule has 3 rings (SSSR count). The van der Waals surface area contributed by atoms with Crippen molar-refractivity contribution in [2.24, 2.45) is 23.7 Å². The Balaban J connectivity index is 0.000000321. The Morgan fingerprint density at radius 2 is 1.45 bits per heavy atom. The van der Waals surface area contributed by atoms with E-state index in [2.05, 4.69) is 46.7 Å². The van der Waals surface area contributed by atoms with Crippen molar-refractivity contribution in [1.29, 1.82) is 0 Å². The Morgan fingerprint density at radius 1 is 1.00 bits per heavy atom. The fraction of sp³-hybridized carbons (Fsp3) is 0.941. The summed E-state index contributed by atoms with van der Waals surface area (Å²) in [6, 6.07) is 0. The van der Waals surface area contributed by atoms with Crippen molar-refractivity contribution < 1.29 is 14.3 Å². The van der Waals surface area contributed by atoms with E-state index in [1.54, 1.807) is 52.6 Å². The minimum absolute atomic E-state index is 0.211. The number of carbonyl (C=O) groups is 1. The highest BCUT2D eigenvalue weighted by Crippen LogP contribution is 2.58. The van der Waals surface area contributed by atoms with Crippen LogP contribution in [0.15, 0.2) is 0 Å². The predicted molar refractivity (Wildman–Crippen MR) is 110 cm³/mol. The highest BCUT2D eigenvalue weighted by atomic mass is 128. The molecule has 0 aliphatic heterocycles. The Bertz CT molecular complexity index is 269. The van der Waals surface area contributed by atoms with Crippen molar-refractivity contribution in [2.75, 3.05) is 20.3 Å². The van der Waals surface area contributed by atoms with E-state index in [1.807, 2.05) is 6.92 Å². The predicted octanol–water partition coefficient (Wildman–Crippen LogP) is 5.83. The van der Waals surface area contributed by atoms with Crippen molar-refractivity contribution in [3.63, 3.8) is 0 Å². The van der Waals surface area contributed by atoms with Gasteiger partial charge in [-0.15, -0.1) is 0 Å². The van der Waals surface area contributed by atoms with Gasteiger partial charge in [0.1, 0.15) is 0 Å². The van der Waals surface area contributed by atoms with Crippen molar-refractivity contribution in [3.05, 3.63) is 0 Å². The Kier molecular flexibility index (Phi) is 14.8. The average Bonchev–Trinajstić information content (AvgIpc) is 3.24. The van der Waals surface area contributed by atoms with E-state index in [9.17, 15) is 4.79 Å². The second kappa shape index (κ2) is 14.3. The zero-order chi connectivity index (χ0) is 17.0. The third-order valence-electron chi connectivity index (χ3n) is 4.99. The van der Waals surface area contributed by atoms with Crippen LogP contribution in [0.25, 0.3) is 0 Å². The van der Waals surface area contributed by atoms with Gasteiger partial charge in [-0.2, -0.15) is 0 Å². The maximum Gasteiger partial charge on any atom is 0.302 e. The van der Waals surface area contributed by atoms with E-state index in [-0.39, 0.29) is 5.97 Å². The van der Waals surface area contributed by atoms with Crippen LogP contribution >= 0.6 is 37.2 Å². The third-order valence-corrected chi connectivity index (χ3v) is 4.99. The molecule has 3 fully saturated rings. The van der Waals surface area contributed by atoms with E-state index in [0.29, 0.717) is 6.61 Å². The quantitative estimate of drug-likeness (QED) is 0.328. The molecule has 0 radical (unpaired) electrons. The molecule has 22 heavy (non-hydrogen) atoms. The van der Waals surface area contributed by atoms with Crippen LogP contribution in [0, 0.1) is 23.7 Å². The molecule has 2 bridgehead atoms. The molecule has 0 spiro atoms. The van der Waals surface area contributed by atoms with Gasteiger partial charge in [0.2, 0.25) is 0 Å². The number of methoxy groups -OCH3 is 1. The molecule has 3 saturated carbocycles. The van der Waals surface area contributed by atoms with Gasteiger partial charge >= 0.3 is 5.97 Å². The molecule has 3 aliphatic carbocycles. The van der Waals surface area contributed by atoms with Gasteiger partial charge in [0.25, 0.3) is 0 Å². The molecule has 0 heterocycles. The molecule has 0 aromatic carbocycles. The molecule has 0 aromatic rings. The van der Waals surface area contributed by atoms with Gasteiger partial charge in [-0.25, -0.2) is 0 Å². The summed E-state index contributed by atoms with van der Waals surface area (Å²) >= 11 is 4.24. The van der Waals surface area contributed by atoms with E-state index < -0.39 is 0 Å². The molecular weight excluding hydrogens is 506 g/mol.